The molecule has 1 atom stereocenters. The molecule has 0 saturated heterocycles. The summed E-state index contributed by atoms with van der Waals surface area (Å²) in [6.07, 6.45) is 2.35. The van der Waals surface area contributed by atoms with E-state index in [0.717, 1.165) is 23.0 Å². The first-order valence-corrected chi connectivity index (χ1v) is 8.10. The van der Waals surface area contributed by atoms with Gasteiger partial charge in [-0.2, -0.15) is 0 Å². The third kappa shape index (κ3) is 6.06. The van der Waals surface area contributed by atoms with Crippen LogP contribution in [-0.2, 0) is 4.79 Å². The number of rotatable bonds is 8. The minimum absolute atomic E-state index is 0.0297. The Labute approximate surface area is 135 Å². The fourth-order valence-corrected chi connectivity index (χ4v) is 2.71. The summed E-state index contributed by atoms with van der Waals surface area (Å²) in [5.74, 6) is 1.78. The van der Waals surface area contributed by atoms with E-state index in [1.54, 1.807) is 7.11 Å². The molecule has 5 heteroatoms. The Morgan fingerprint density at radius 2 is 2.10 bits per heavy atom. The van der Waals surface area contributed by atoms with Crippen molar-refractivity contribution in [3.63, 3.8) is 0 Å². The van der Waals surface area contributed by atoms with E-state index in [9.17, 15) is 4.79 Å². The summed E-state index contributed by atoms with van der Waals surface area (Å²) in [6.45, 7) is 5.03. The average molecular weight is 357 g/mol. The fraction of sp³-hybridized carbons (Fsp3) is 0.562. The normalized spacial score (nSPS) is 12.3. The molecule has 1 aromatic rings. The number of carbonyl (C=O) groups is 1. The first-order valence-electron chi connectivity index (χ1n) is 7.31. The zero-order valence-corrected chi connectivity index (χ0v) is 14.6. The van der Waals surface area contributed by atoms with Crippen LogP contribution in [0.2, 0.25) is 0 Å². The van der Waals surface area contributed by atoms with E-state index < -0.39 is 0 Å². The van der Waals surface area contributed by atoms with E-state index >= 15 is 0 Å². The number of nitrogens with two attached hydrogens (primary N) is 1. The molecule has 4 nitrogen and oxygen atoms in total. The lowest BCUT2D eigenvalue weighted by Gasteiger charge is -2.19. The number of amides is 1. The highest BCUT2D eigenvalue weighted by Crippen LogP contribution is 2.28. The minimum atomic E-state index is 0.0297. The maximum Gasteiger partial charge on any atom is 0.224 e. The molecule has 0 bridgehead atoms. The summed E-state index contributed by atoms with van der Waals surface area (Å²) in [5.41, 5.74) is 6.37. The van der Waals surface area contributed by atoms with Gasteiger partial charge in [-0.3, -0.25) is 4.79 Å². The lowest BCUT2D eigenvalue weighted by molar-refractivity contribution is -0.116. The van der Waals surface area contributed by atoms with Crippen molar-refractivity contribution in [2.75, 3.05) is 19.0 Å². The van der Waals surface area contributed by atoms with Crippen LogP contribution in [0.25, 0.3) is 0 Å². The van der Waals surface area contributed by atoms with Crippen LogP contribution in [0.15, 0.2) is 22.7 Å². The van der Waals surface area contributed by atoms with Gasteiger partial charge in [0, 0.05) is 18.2 Å². The van der Waals surface area contributed by atoms with E-state index in [4.69, 9.17) is 10.5 Å². The summed E-state index contributed by atoms with van der Waals surface area (Å²) in [4.78, 5) is 12.0. The van der Waals surface area contributed by atoms with Gasteiger partial charge >= 0.3 is 0 Å². The third-order valence-electron chi connectivity index (χ3n) is 3.66. The Bertz CT molecular complexity index is 464. The number of nitrogens with one attached hydrogen (secondary N) is 1. The monoisotopic (exact) mass is 356 g/mol. The molecule has 0 aliphatic heterocycles. The second kappa shape index (κ2) is 9.05. The van der Waals surface area contributed by atoms with Gasteiger partial charge < -0.3 is 15.8 Å². The number of hydrogen-bond acceptors (Lipinski definition) is 3. The van der Waals surface area contributed by atoms with Gasteiger partial charge in [-0.05, 0) is 59.3 Å². The molecule has 1 aromatic carbocycles. The van der Waals surface area contributed by atoms with Gasteiger partial charge in [0.2, 0.25) is 5.91 Å². The largest absolute Gasteiger partial charge is 0.495 e. The Balaban J connectivity index is 2.53. The third-order valence-corrected chi connectivity index (χ3v) is 4.31. The van der Waals surface area contributed by atoms with Crippen LogP contribution >= 0.6 is 15.9 Å². The van der Waals surface area contributed by atoms with Gasteiger partial charge in [-0.15, -0.1) is 0 Å². The van der Waals surface area contributed by atoms with E-state index in [1.807, 2.05) is 18.2 Å². The first-order chi connectivity index (χ1) is 9.97. The number of methoxy groups -OCH3 is 1. The molecule has 0 aromatic heterocycles. The van der Waals surface area contributed by atoms with E-state index in [2.05, 4.69) is 35.1 Å². The molecule has 0 fully saturated rings. The predicted octanol–water partition coefficient (Wildman–Crippen LogP) is 3.80. The van der Waals surface area contributed by atoms with Crippen LogP contribution < -0.4 is 15.8 Å². The van der Waals surface area contributed by atoms with Crippen molar-refractivity contribution in [3.05, 3.63) is 22.7 Å². The number of benzene rings is 1. The summed E-state index contributed by atoms with van der Waals surface area (Å²) >= 11 is 3.39. The van der Waals surface area contributed by atoms with Crippen molar-refractivity contribution >= 4 is 27.5 Å². The molecule has 1 unspecified atom stereocenters. The molecule has 0 spiro atoms. The standard InChI is InChI=1S/C16H25BrN2O2/c1-11(2)12(8-9-18)4-7-16(20)19-13-5-6-14(17)15(10-13)21-3/h5-6,10-12H,4,7-9,18H2,1-3H3,(H,19,20). The number of carbonyl (C=O) groups excluding carboxylic acids is 1. The fourth-order valence-electron chi connectivity index (χ4n) is 2.30. The topological polar surface area (TPSA) is 64.3 Å². The number of anilines is 1. The molecule has 1 rings (SSSR count). The SMILES string of the molecule is COc1cc(NC(=O)CCC(CCN)C(C)C)ccc1Br. The van der Waals surface area contributed by atoms with Crippen molar-refractivity contribution < 1.29 is 9.53 Å². The van der Waals surface area contributed by atoms with Gasteiger partial charge in [0.15, 0.2) is 0 Å². The van der Waals surface area contributed by atoms with Crippen molar-refractivity contribution in [2.24, 2.45) is 17.6 Å². The van der Waals surface area contributed by atoms with Crippen molar-refractivity contribution in [3.8, 4) is 5.75 Å². The summed E-state index contributed by atoms with van der Waals surface area (Å²) in [5, 5.41) is 2.91. The Hall–Kier alpha value is -1.07. The van der Waals surface area contributed by atoms with Crippen LogP contribution in [0, 0.1) is 11.8 Å². The lowest BCUT2D eigenvalue weighted by atomic mass is 9.88. The van der Waals surface area contributed by atoms with E-state index in [0.29, 0.717) is 30.6 Å². The van der Waals surface area contributed by atoms with Crippen LogP contribution in [0.1, 0.15) is 33.1 Å². The van der Waals surface area contributed by atoms with Gasteiger partial charge in [0.25, 0.3) is 0 Å². The Morgan fingerprint density at radius 1 is 1.38 bits per heavy atom. The zero-order valence-electron chi connectivity index (χ0n) is 13.0. The molecule has 21 heavy (non-hydrogen) atoms. The zero-order chi connectivity index (χ0) is 15.8. The summed E-state index contributed by atoms with van der Waals surface area (Å²) < 4.78 is 6.08. The summed E-state index contributed by atoms with van der Waals surface area (Å²) in [7, 11) is 1.60. The van der Waals surface area contributed by atoms with E-state index in [1.165, 1.54) is 0 Å². The molecule has 3 N–H and O–H groups in total. The van der Waals surface area contributed by atoms with Crippen LogP contribution in [0.4, 0.5) is 5.69 Å². The molecule has 0 radical (unpaired) electrons. The number of ether oxygens (including phenoxy) is 1. The first kappa shape index (κ1) is 18.0. The van der Waals surface area contributed by atoms with Crippen LogP contribution in [-0.4, -0.2) is 19.6 Å². The Morgan fingerprint density at radius 3 is 2.67 bits per heavy atom. The molecule has 1 amide bonds. The smallest absolute Gasteiger partial charge is 0.224 e. The highest BCUT2D eigenvalue weighted by Gasteiger charge is 2.14. The highest BCUT2D eigenvalue weighted by atomic mass is 79.9. The average Bonchev–Trinajstić information content (AvgIpc) is 2.45. The maximum absolute atomic E-state index is 12.0. The maximum atomic E-state index is 12.0. The molecule has 0 heterocycles. The molecule has 0 saturated carbocycles. The number of hydrogen-bond donors (Lipinski definition) is 2. The lowest BCUT2D eigenvalue weighted by Crippen LogP contribution is -2.18. The van der Waals surface area contributed by atoms with E-state index in [-0.39, 0.29) is 5.91 Å². The summed E-state index contributed by atoms with van der Waals surface area (Å²) in [6, 6.07) is 5.52. The Kier molecular flexibility index (Phi) is 7.75. The molecular weight excluding hydrogens is 332 g/mol. The van der Waals surface area contributed by atoms with Gasteiger partial charge in [0.05, 0.1) is 11.6 Å². The molecule has 0 aliphatic carbocycles. The van der Waals surface area contributed by atoms with Crippen LogP contribution in [0.5, 0.6) is 5.75 Å². The molecule has 118 valence electrons. The molecule has 0 aliphatic rings. The van der Waals surface area contributed by atoms with Crippen LogP contribution in [0.3, 0.4) is 0 Å². The second-order valence-corrected chi connectivity index (χ2v) is 6.37. The quantitative estimate of drug-likeness (QED) is 0.744. The van der Waals surface area contributed by atoms with Gasteiger partial charge in [0.1, 0.15) is 5.75 Å². The van der Waals surface area contributed by atoms with Crippen molar-refractivity contribution in [2.45, 2.75) is 33.1 Å². The number of halogens is 1. The highest BCUT2D eigenvalue weighted by molar-refractivity contribution is 9.10. The van der Waals surface area contributed by atoms with Gasteiger partial charge in [-0.1, -0.05) is 13.8 Å². The molecular formula is C16H25BrN2O2. The van der Waals surface area contributed by atoms with Gasteiger partial charge in [-0.25, -0.2) is 0 Å². The minimum Gasteiger partial charge on any atom is -0.495 e. The second-order valence-electron chi connectivity index (χ2n) is 5.52. The van der Waals surface area contributed by atoms with Crippen molar-refractivity contribution in [1.29, 1.82) is 0 Å². The van der Waals surface area contributed by atoms with Crippen molar-refractivity contribution in [1.82, 2.24) is 0 Å². The predicted molar refractivity (Wildman–Crippen MR) is 90.6 cm³/mol.